The molecule has 28 heavy (non-hydrogen) atoms. The summed E-state index contributed by atoms with van der Waals surface area (Å²) in [5.74, 6) is -1.97. The maximum Gasteiger partial charge on any atom is 0.338 e. The summed E-state index contributed by atoms with van der Waals surface area (Å²) in [6, 6.07) is 11.8. The monoisotopic (exact) mass is 377 g/mol. The van der Waals surface area contributed by atoms with Crippen LogP contribution in [0.3, 0.4) is 0 Å². The predicted octanol–water partition coefficient (Wildman–Crippen LogP) is 3.41. The van der Waals surface area contributed by atoms with E-state index in [-0.39, 0.29) is 18.0 Å². The molecule has 5 rings (SSSR count). The van der Waals surface area contributed by atoms with Crippen molar-refractivity contribution in [1.29, 1.82) is 0 Å². The zero-order valence-electron chi connectivity index (χ0n) is 14.8. The Hall–Kier alpha value is -3.48. The van der Waals surface area contributed by atoms with Crippen LogP contribution in [0.5, 0.6) is 0 Å². The second-order valence-corrected chi connectivity index (χ2v) is 7.13. The Morgan fingerprint density at radius 3 is 2.61 bits per heavy atom. The molecule has 0 bridgehead atoms. The van der Waals surface area contributed by atoms with E-state index in [1.165, 1.54) is 17.0 Å². The summed E-state index contributed by atoms with van der Waals surface area (Å²) >= 11 is 0. The third kappa shape index (κ3) is 2.51. The first-order valence-electron chi connectivity index (χ1n) is 9.05. The Kier molecular flexibility index (Phi) is 3.58. The molecule has 0 spiro atoms. The van der Waals surface area contributed by atoms with Crippen LogP contribution in [0.1, 0.15) is 40.4 Å². The molecule has 2 heterocycles. The third-order valence-corrected chi connectivity index (χ3v) is 5.24. The minimum Gasteiger partial charge on any atom is -0.478 e. The van der Waals surface area contributed by atoms with Crippen LogP contribution in [0.15, 0.2) is 53.6 Å². The summed E-state index contributed by atoms with van der Waals surface area (Å²) in [6.45, 7) is 0.258. The first-order chi connectivity index (χ1) is 13.5. The van der Waals surface area contributed by atoms with Crippen molar-refractivity contribution in [1.82, 2.24) is 14.0 Å². The molecule has 1 saturated carbocycles. The van der Waals surface area contributed by atoms with E-state index >= 15 is 0 Å². The molecule has 0 atom stereocenters. The summed E-state index contributed by atoms with van der Waals surface area (Å²) in [5.41, 5.74) is 2.17. The molecule has 7 heteroatoms. The number of fused-ring (bicyclic) bond motifs is 3. The normalized spacial score (nSPS) is 14.0. The van der Waals surface area contributed by atoms with Crippen molar-refractivity contribution < 1.29 is 14.3 Å². The largest absolute Gasteiger partial charge is 0.478 e. The first kappa shape index (κ1) is 16.7. The number of carboxylic acids is 1. The van der Waals surface area contributed by atoms with Crippen LogP contribution in [-0.2, 0) is 6.54 Å². The first-order valence-corrected chi connectivity index (χ1v) is 9.05. The molecule has 0 saturated heterocycles. The van der Waals surface area contributed by atoms with E-state index in [9.17, 15) is 19.1 Å². The summed E-state index contributed by atoms with van der Waals surface area (Å²) in [6.07, 6.45) is 3.49. The quantitative estimate of drug-likeness (QED) is 0.591. The summed E-state index contributed by atoms with van der Waals surface area (Å²) in [4.78, 5) is 29.2. The van der Waals surface area contributed by atoms with Crippen LogP contribution in [0.4, 0.5) is 4.39 Å². The average Bonchev–Trinajstić information content (AvgIpc) is 3.43. The number of aromatic carboxylic acids is 1. The molecule has 0 radical (unpaired) electrons. The van der Waals surface area contributed by atoms with E-state index in [2.05, 4.69) is 4.98 Å². The van der Waals surface area contributed by atoms with E-state index in [0.717, 1.165) is 30.2 Å². The molecule has 2 aromatic heterocycles. The van der Waals surface area contributed by atoms with Gasteiger partial charge in [0.15, 0.2) is 0 Å². The third-order valence-electron chi connectivity index (χ3n) is 5.24. The minimum atomic E-state index is -1.35. The van der Waals surface area contributed by atoms with Gasteiger partial charge in [-0.05, 0) is 24.5 Å². The van der Waals surface area contributed by atoms with Crippen LogP contribution >= 0.6 is 0 Å². The van der Waals surface area contributed by atoms with Crippen LogP contribution in [0.2, 0.25) is 0 Å². The zero-order valence-corrected chi connectivity index (χ0v) is 14.8. The average molecular weight is 377 g/mol. The second-order valence-electron chi connectivity index (χ2n) is 7.13. The SMILES string of the molecule is O=C(O)c1cc2c(cc1F)n(Cc1ccccc1)c(=O)c1c(C3CC3)ncn12. The van der Waals surface area contributed by atoms with Crippen LogP contribution in [0, 0.1) is 5.82 Å². The van der Waals surface area contributed by atoms with Crippen molar-refractivity contribution >= 4 is 22.5 Å². The number of hydrogen-bond acceptors (Lipinski definition) is 3. The number of benzene rings is 2. The summed E-state index contributed by atoms with van der Waals surface area (Å²) < 4.78 is 17.5. The van der Waals surface area contributed by atoms with Crippen molar-refractivity contribution in [3.8, 4) is 0 Å². The van der Waals surface area contributed by atoms with Gasteiger partial charge in [-0.2, -0.15) is 0 Å². The molecular formula is C21H16FN3O3. The molecule has 140 valence electrons. The van der Waals surface area contributed by atoms with Crippen molar-refractivity contribution in [2.24, 2.45) is 0 Å². The van der Waals surface area contributed by atoms with Gasteiger partial charge in [-0.3, -0.25) is 9.20 Å². The van der Waals surface area contributed by atoms with E-state index in [1.807, 2.05) is 30.3 Å². The van der Waals surface area contributed by atoms with Gasteiger partial charge in [-0.1, -0.05) is 30.3 Å². The maximum absolute atomic E-state index is 14.4. The molecule has 1 fully saturated rings. The van der Waals surface area contributed by atoms with Gasteiger partial charge in [0, 0.05) is 12.0 Å². The van der Waals surface area contributed by atoms with E-state index in [4.69, 9.17) is 0 Å². The number of aromatic nitrogens is 3. The highest BCUT2D eigenvalue weighted by molar-refractivity contribution is 5.93. The number of imidazole rings is 1. The topological polar surface area (TPSA) is 76.6 Å². The predicted molar refractivity (Wildman–Crippen MR) is 101 cm³/mol. The molecule has 2 aromatic carbocycles. The second kappa shape index (κ2) is 6.02. The van der Waals surface area contributed by atoms with Crippen LogP contribution < -0.4 is 5.56 Å². The fourth-order valence-electron chi connectivity index (χ4n) is 3.70. The number of nitrogens with zero attached hydrogens (tertiary/aromatic N) is 3. The summed E-state index contributed by atoms with van der Waals surface area (Å²) in [7, 11) is 0. The van der Waals surface area contributed by atoms with Crippen molar-refractivity contribution in [2.45, 2.75) is 25.3 Å². The molecule has 0 unspecified atom stereocenters. The van der Waals surface area contributed by atoms with Gasteiger partial charge in [0.1, 0.15) is 17.7 Å². The standard InChI is InChI=1S/C21H16FN3O3/c22-15-9-17-16(8-14(15)21(27)28)25-11-23-18(13-6-7-13)19(25)20(26)24(17)10-12-4-2-1-3-5-12/h1-5,8-9,11,13H,6-7,10H2,(H,27,28). The Labute approximate surface area is 158 Å². The molecule has 0 aliphatic heterocycles. The lowest BCUT2D eigenvalue weighted by molar-refractivity contribution is 0.0692. The van der Waals surface area contributed by atoms with Crippen molar-refractivity contribution in [3.63, 3.8) is 0 Å². The van der Waals surface area contributed by atoms with Gasteiger partial charge in [-0.25, -0.2) is 14.2 Å². The lowest BCUT2D eigenvalue weighted by Gasteiger charge is -2.14. The zero-order chi connectivity index (χ0) is 19.4. The van der Waals surface area contributed by atoms with E-state index in [1.54, 1.807) is 4.40 Å². The molecular weight excluding hydrogens is 361 g/mol. The molecule has 4 aromatic rings. The number of halogens is 1. The van der Waals surface area contributed by atoms with Crippen molar-refractivity contribution in [3.05, 3.63) is 81.8 Å². The Morgan fingerprint density at radius 1 is 1.18 bits per heavy atom. The molecule has 0 amide bonds. The lowest BCUT2D eigenvalue weighted by Crippen LogP contribution is -2.24. The van der Waals surface area contributed by atoms with E-state index in [0.29, 0.717) is 16.6 Å². The number of hydrogen-bond donors (Lipinski definition) is 1. The maximum atomic E-state index is 14.4. The molecule has 1 N–H and O–H groups in total. The molecule has 1 aliphatic carbocycles. The highest BCUT2D eigenvalue weighted by Gasteiger charge is 2.30. The van der Waals surface area contributed by atoms with E-state index < -0.39 is 17.3 Å². The van der Waals surface area contributed by atoms with Crippen molar-refractivity contribution in [2.75, 3.05) is 0 Å². The van der Waals surface area contributed by atoms with Gasteiger partial charge < -0.3 is 9.67 Å². The Morgan fingerprint density at radius 2 is 1.93 bits per heavy atom. The molecule has 1 aliphatic rings. The van der Waals surface area contributed by atoms with Gasteiger partial charge in [0.05, 0.1) is 28.8 Å². The fourth-order valence-corrected chi connectivity index (χ4v) is 3.70. The minimum absolute atomic E-state index is 0.250. The Balaban J connectivity index is 1.88. The summed E-state index contributed by atoms with van der Waals surface area (Å²) in [5, 5.41) is 9.33. The van der Waals surface area contributed by atoms with Crippen LogP contribution in [-0.4, -0.2) is 25.0 Å². The van der Waals surface area contributed by atoms with Crippen LogP contribution in [0.25, 0.3) is 16.6 Å². The fraction of sp³-hybridized carbons (Fsp3) is 0.190. The highest BCUT2D eigenvalue weighted by atomic mass is 19.1. The van der Waals surface area contributed by atoms with Gasteiger partial charge in [0.2, 0.25) is 0 Å². The molecule has 6 nitrogen and oxygen atoms in total. The highest BCUT2D eigenvalue weighted by Crippen LogP contribution is 2.40. The van der Waals surface area contributed by atoms with Gasteiger partial charge in [0.25, 0.3) is 5.56 Å². The van der Waals surface area contributed by atoms with Gasteiger partial charge >= 0.3 is 5.97 Å². The smallest absolute Gasteiger partial charge is 0.338 e. The number of carboxylic acid groups (broad SMARTS) is 1. The number of rotatable bonds is 4. The lowest BCUT2D eigenvalue weighted by atomic mass is 10.1. The Bertz CT molecular complexity index is 1300. The number of carbonyl (C=O) groups is 1. The van der Waals surface area contributed by atoms with Gasteiger partial charge in [-0.15, -0.1) is 0 Å².